The van der Waals surface area contributed by atoms with Crippen molar-refractivity contribution in [2.24, 2.45) is 0 Å². The fourth-order valence-corrected chi connectivity index (χ4v) is 7.40. The lowest BCUT2D eigenvalue weighted by Gasteiger charge is -2.41. The fraction of sp³-hybridized carbons (Fsp3) is 0.649. The monoisotopic (exact) mass is 952 g/mol. The maximum atomic E-state index is 13.3. The Morgan fingerprint density at radius 3 is 1.74 bits per heavy atom. The van der Waals surface area contributed by atoms with Gasteiger partial charge in [0.25, 0.3) is 0 Å². The maximum Gasteiger partial charge on any atom is 0.306 e. The third-order valence-electron chi connectivity index (χ3n) is 11.6. The highest BCUT2D eigenvalue weighted by atomic mass is 16.7. The SMILES string of the molecule is CC/C=C/C=C/C=C\C=C/C=C/CCC(O)C(=O)NC(COC1OC(CO)C(O)C(O)C1OC(=O)CCCCCC/C=C/C/C=C/C/C=C/CC)C(O)/C=C/CCCCCCCCCCCCC. The standard InChI is InChI=1S/C57H93NO10/c1-4-7-10-13-16-19-22-25-27-30-33-36-39-42-45-52(62)68-55-54(64)53(63)51(46-59)67-57(55)66-47-48(49(60)43-40-37-34-31-29-26-23-20-17-14-11-8-5-2)58-56(65)50(61)44-41-38-35-32-28-24-21-18-15-12-9-6-3/h7,9-10,12,15-16,18-19,21,24-25,27-28,32,35,38,40,43,48-51,53-55,57,59-61,63-64H,4-6,8,11,13-14,17,20,22-23,26,29-31,33-34,36-37,39,41-42,44-47H2,1-3H3,(H,58,65)/b10-7+,12-9+,18-15+,19-16+,24-21-,27-25+,32-28-,38-35+,43-40+. The van der Waals surface area contributed by atoms with Gasteiger partial charge in [-0.15, -0.1) is 0 Å². The minimum atomic E-state index is -1.64. The number of allylic oxidation sites excluding steroid dienone is 17. The topological polar surface area (TPSA) is 175 Å². The molecule has 1 saturated heterocycles. The van der Waals surface area contributed by atoms with E-state index in [4.69, 9.17) is 14.2 Å². The smallest absolute Gasteiger partial charge is 0.306 e. The van der Waals surface area contributed by atoms with E-state index in [0.29, 0.717) is 12.8 Å². The van der Waals surface area contributed by atoms with Gasteiger partial charge in [-0.25, -0.2) is 0 Å². The minimum Gasteiger partial charge on any atom is -0.454 e. The number of rotatable bonds is 41. The van der Waals surface area contributed by atoms with E-state index in [2.05, 4.69) is 68.6 Å². The number of ether oxygens (including phenoxy) is 3. The molecule has 1 aliphatic heterocycles. The van der Waals surface area contributed by atoms with Crippen LogP contribution < -0.4 is 5.32 Å². The molecule has 1 amide bonds. The van der Waals surface area contributed by atoms with E-state index in [1.54, 1.807) is 6.08 Å². The molecular weight excluding hydrogens is 859 g/mol. The molecule has 0 aromatic rings. The third-order valence-corrected chi connectivity index (χ3v) is 11.6. The van der Waals surface area contributed by atoms with Crippen LogP contribution in [0.25, 0.3) is 0 Å². The zero-order valence-corrected chi connectivity index (χ0v) is 42.2. The zero-order valence-electron chi connectivity index (χ0n) is 42.2. The zero-order chi connectivity index (χ0) is 49.7. The number of esters is 1. The van der Waals surface area contributed by atoms with E-state index in [9.17, 15) is 35.1 Å². The van der Waals surface area contributed by atoms with E-state index in [-0.39, 0.29) is 19.4 Å². The van der Waals surface area contributed by atoms with Crippen molar-refractivity contribution >= 4 is 11.9 Å². The van der Waals surface area contributed by atoms with Gasteiger partial charge < -0.3 is 45.1 Å². The molecule has 1 heterocycles. The van der Waals surface area contributed by atoms with E-state index in [1.165, 1.54) is 51.4 Å². The summed E-state index contributed by atoms with van der Waals surface area (Å²) in [7, 11) is 0. The molecule has 8 unspecified atom stereocenters. The Balaban J connectivity index is 2.86. The Kier molecular flexibility index (Phi) is 40.8. The lowest BCUT2D eigenvalue weighted by Crippen LogP contribution is -2.61. The number of hydrogen-bond donors (Lipinski definition) is 6. The largest absolute Gasteiger partial charge is 0.454 e. The molecule has 11 heteroatoms. The molecule has 0 spiro atoms. The number of amides is 1. The normalized spacial score (nSPS) is 20.9. The summed E-state index contributed by atoms with van der Waals surface area (Å²) in [5.41, 5.74) is 0. The van der Waals surface area contributed by atoms with Crippen LogP contribution in [-0.2, 0) is 23.8 Å². The number of carbonyl (C=O) groups excluding carboxylic acids is 2. The van der Waals surface area contributed by atoms with Gasteiger partial charge >= 0.3 is 5.97 Å². The van der Waals surface area contributed by atoms with Crippen LogP contribution in [-0.4, -0.2) is 99.6 Å². The summed E-state index contributed by atoms with van der Waals surface area (Å²) in [6.45, 7) is 5.42. The lowest BCUT2D eigenvalue weighted by atomic mass is 9.99. The van der Waals surface area contributed by atoms with E-state index >= 15 is 0 Å². The molecule has 68 heavy (non-hydrogen) atoms. The van der Waals surface area contributed by atoms with Crippen LogP contribution in [0.5, 0.6) is 0 Å². The van der Waals surface area contributed by atoms with Crippen LogP contribution in [0.3, 0.4) is 0 Å². The van der Waals surface area contributed by atoms with Crippen molar-refractivity contribution in [3.05, 3.63) is 109 Å². The van der Waals surface area contributed by atoms with Crippen molar-refractivity contribution in [3.8, 4) is 0 Å². The van der Waals surface area contributed by atoms with Crippen molar-refractivity contribution in [1.82, 2.24) is 5.32 Å². The molecular formula is C57H93NO10. The molecule has 0 aromatic heterocycles. The van der Waals surface area contributed by atoms with Gasteiger partial charge in [0.15, 0.2) is 12.4 Å². The van der Waals surface area contributed by atoms with Gasteiger partial charge in [0, 0.05) is 6.42 Å². The molecule has 6 N–H and O–H groups in total. The summed E-state index contributed by atoms with van der Waals surface area (Å²) in [5, 5.41) is 56.5. The summed E-state index contributed by atoms with van der Waals surface area (Å²) in [6, 6.07) is -1.07. The molecule has 8 atom stereocenters. The molecule has 11 nitrogen and oxygen atoms in total. The highest BCUT2D eigenvalue weighted by Crippen LogP contribution is 2.26. The van der Waals surface area contributed by atoms with Gasteiger partial charge in [0.05, 0.1) is 25.4 Å². The Bertz CT molecular complexity index is 1510. The first-order valence-electron chi connectivity index (χ1n) is 26.2. The average Bonchev–Trinajstić information content (AvgIpc) is 3.33. The van der Waals surface area contributed by atoms with E-state index in [1.807, 2.05) is 60.8 Å². The van der Waals surface area contributed by atoms with Crippen molar-refractivity contribution in [1.29, 1.82) is 0 Å². The number of aliphatic hydroxyl groups is 5. The van der Waals surface area contributed by atoms with E-state index < -0.39 is 67.4 Å². The predicted octanol–water partition coefficient (Wildman–Crippen LogP) is 11.0. The Hall–Kier alpha value is -3.68. The molecule has 0 aliphatic carbocycles. The molecule has 0 radical (unpaired) electrons. The van der Waals surface area contributed by atoms with Gasteiger partial charge in [-0.3, -0.25) is 9.59 Å². The van der Waals surface area contributed by atoms with Crippen LogP contribution in [0.4, 0.5) is 0 Å². The first-order valence-corrected chi connectivity index (χ1v) is 26.2. The lowest BCUT2D eigenvalue weighted by molar-refractivity contribution is -0.305. The number of aliphatic hydroxyl groups excluding tert-OH is 5. The molecule has 386 valence electrons. The second-order valence-corrected chi connectivity index (χ2v) is 17.6. The van der Waals surface area contributed by atoms with Crippen LogP contribution in [0.2, 0.25) is 0 Å². The highest BCUT2D eigenvalue weighted by Gasteiger charge is 2.47. The molecule has 1 fully saturated rings. The van der Waals surface area contributed by atoms with Gasteiger partial charge in [-0.05, 0) is 70.6 Å². The second kappa shape index (κ2) is 44.5. The Labute approximate surface area is 411 Å². The van der Waals surface area contributed by atoms with Gasteiger partial charge in [-0.2, -0.15) is 0 Å². The summed E-state index contributed by atoms with van der Waals surface area (Å²) in [4.78, 5) is 26.3. The van der Waals surface area contributed by atoms with Crippen molar-refractivity contribution in [2.45, 2.75) is 224 Å². The molecule has 1 aliphatic rings. The summed E-state index contributed by atoms with van der Waals surface area (Å²) >= 11 is 0. The molecule has 1 rings (SSSR count). The average molecular weight is 952 g/mol. The van der Waals surface area contributed by atoms with Crippen molar-refractivity contribution < 1.29 is 49.3 Å². The first kappa shape index (κ1) is 62.3. The quantitative estimate of drug-likeness (QED) is 0.0150. The molecule has 0 aromatic carbocycles. The minimum absolute atomic E-state index is 0.0824. The van der Waals surface area contributed by atoms with Crippen LogP contribution in [0, 0.1) is 0 Å². The highest BCUT2D eigenvalue weighted by molar-refractivity contribution is 5.80. The van der Waals surface area contributed by atoms with Gasteiger partial charge in [0.2, 0.25) is 5.91 Å². The summed E-state index contributed by atoms with van der Waals surface area (Å²) in [6.07, 6.45) is 48.7. The number of carbonyl (C=O) groups is 2. The Morgan fingerprint density at radius 1 is 0.603 bits per heavy atom. The van der Waals surface area contributed by atoms with Crippen LogP contribution >= 0.6 is 0 Å². The molecule has 0 bridgehead atoms. The van der Waals surface area contributed by atoms with Crippen LogP contribution in [0.15, 0.2) is 109 Å². The Morgan fingerprint density at radius 2 is 1.13 bits per heavy atom. The first-order chi connectivity index (χ1) is 33.2. The van der Waals surface area contributed by atoms with Crippen molar-refractivity contribution in [3.63, 3.8) is 0 Å². The van der Waals surface area contributed by atoms with E-state index in [0.717, 1.165) is 77.0 Å². The number of unbranched alkanes of at least 4 members (excludes halogenated alkanes) is 15. The predicted molar refractivity (Wildman–Crippen MR) is 278 cm³/mol. The summed E-state index contributed by atoms with van der Waals surface area (Å²) in [5.74, 6) is -1.31. The van der Waals surface area contributed by atoms with Crippen LogP contribution in [0.1, 0.15) is 175 Å². The van der Waals surface area contributed by atoms with Gasteiger partial charge in [-0.1, -0.05) is 207 Å². The van der Waals surface area contributed by atoms with Gasteiger partial charge in [0.1, 0.15) is 24.4 Å². The molecule has 0 saturated carbocycles. The number of hydrogen-bond acceptors (Lipinski definition) is 10. The fourth-order valence-electron chi connectivity index (χ4n) is 7.40. The third kappa shape index (κ3) is 33.0. The van der Waals surface area contributed by atoms with Crippen molar-refractivity contribution in [2.75, 3.05) is 13.2 Å². The second-order valence-electron chi connectivity index (χ2n) is 17.6. The number of nitrogens with one attached hydrogen (secondary N) is 1. The maximum absolute atomic E-state index is 13.3. The summed E-state index contributed by atoms with van der Waals surface area (Å²) < 4.78 is 17.5.